The monoisotopic (exact) mass is 494 g/mol. The molecule has 4 heteroatoms. The van der Waals surface area contributed by atoms with Crippen LogP contribution in [0.25, 0.3) is 0 Å². The van der Waals surface area contributed by atoms with Gasteiger partial charge in [0, 0.05) is 0 Å². The summed E-state index contributed by atoms with van der Waals surface area (Å²) in [6.07, 6.45) is 5.77. The van der Waals surface area contributed by atoms with Gasteiger partial charge in [-0.1, -0.05) is 67.4 Å². The fraction of sp³-hybridized carbons (Fsp3) is 0.692. The largest absolute Gasteiger partial charge is 0.493 e. The highest BCUT2D eigenvalue weighted by Crippen LogP contribution is 2.44. The van der Waals surface area contributed by atoms with Crippen LogP contribution in [0.4, 0.5) is 0 Å². The summed E-state index contributed by atoms with van der Waals surface area (Å²) in [5.74, 6) is 2.18. The van der Waals surface area contributed by atoms with Gasteiger partial charge in [-0.15, -0.1) is 0 Å². The van der Waals surface area contributed by atoms with E-state index in [0.717, 1.165) is 25.2 Å². The number of hydrogen-bond donors (Lipinski definition) is 0. The number of rotatable bonds is 11. The van der Waals surface area contributed by atoms with E-state index in [2.05, 4.69) is 86.7 Å². The highest BCUT2D eigenvalue weighted by Gasteiger charge is 2.35. The predicted molar refractivity (Wildman–Crippen MR) is 136 cm³/mol. The molecule has 2 atom stereocenters. The summed E-state index contributed by atoms with van der Waals surface area (Å²) in [5, 5.41) is 0. The molecule has 1 aliphatic carbocycles. The summed E-state index contributed by atoms with van der Waals surface area (Å²) in [4.78, 5) is 2.14. The van der Waals surface area contributed by atoms with Gasteiger partial charge in [0.1, 0.15) is 5.75 Å². The quantitative estimate of drug-likeness (QED) is 0.225. The fourth-order valence-corrected chi connectivity index (χ4v) is 8.90. The topological polar surface area (TPSA) is 18.5 Å². The van der Waals surface area contributed by atoms with Crippen molar-refractivity contribution in [2.75, 3.05) is 6.61 Å². The van der Waals surface area contributed by atoms with Gasteiger partial charge in [-0.2, -0.15) is 0 Å². The lowest BCUT2D eigenvalue weighted by Crippen LogP contribution is -2.44. The third kappa shape index (κ3) is 6.71. The average Bonchev–Trinajstić information content (AvgIpc) is 2.76. The molecule has 2 rings (SSSR count). The first-order valence-electron chi connectivity index (χ1n) is 12.0. The van der Waals surface area contributed by atoms with Crippen molar-refractivity contribution in [3.8, 4) is 5.75 Å². The van der Waals surface area contributed by atoms with Crippen LogP contribution in [0.3, 0.4) is 0 Å². The molecule has 0 heterocycles. The summed E-state index contributed by atoms with van der Waals surface area (Å²) in [6, 6.07) is 12.3. The summed E-state index contributed by atoms with van der Waals surface area (Å²) in [5.41, 5.74) is 2.83. The second kappa shape index (κ2) is 11.9. The van der Waals surface area contributed by atoms with Crippen LogP contribution in [0, 0.1) is 5.92 Å². The standard InChI is InChI=1S/C26H43BrO2Si/c1-7-30(8-2,9-3)29-26(5,6)18-13-19-28-25-17-11-10-15-24(25)23-16-12-14-22(20-27)21(23)4/h10-11,15,17,20-21,23H,7-9,12-14,16,18-19H2,1-6H3/b22-20+/t21-,23-/m0/s1. The summed E-state index contributed by atoms with van der Waals surface area (Å²) < 4.78 is 13.1. The zero-order valence-electron chi connectivity index (χ0n) is 20.1. The molecule has 0 aromatic heterocycles. The molecular weight excluding hydrogens is 452 g/mol. The number of hydrogen-bond acceptors (Lipinski definition) is 2. The van der Waals surface area contributed by atoms with Crippen LogP contribution in [0.5, 0.6) is 5.75 Å². The Labute approximate surface area is 195 Å². The Morgan fingerprint density at radius 2 is 1.80 bits per heavy atom. The molecule has 0 amide bonds. The van der Waals surface area contributed by atoms with Gasteiger partial charge in [-0.3, -0.25) is 0 Å². The van der Waals surface area contributed by atoms with Crippen LogP contribution in [-0.4, -0.2) is 20.5 Å². The van der Waals surface area contributed by atoms with Crippen molar-refractivity contribution in [3.63, 3.8) is 0 Å². The van der Waals surface area contributed by atoms with E-state index in [1.165, 1.54) is 48.5 Å². The molecule has 30 heavy (non-hydrogen) atoms. The van der Waals surface area contributed by atoms with E-state index in [1.54, 1.807) is 0 Å². The van der Waals surface area contributed by atoms with Crippen molar-refractivity contribution in [2.24, 2.45) is 5.92 Å². The number of benzene rings is 1. The molecule has 0 aliphatic heterocycles. The lowest BCUT2D eigenvalue weighted by molar-refractivity contribution is 0.0783. The van der Waals surface area contributed by atoms with Gasteiger partial charge < -0.3 is 9.16 Å². The van der Waals surface area contributed by atoms with Crippen molar-refractivity contribution >= 4 is 24.2 Å². The molecule has 1 fully saturated rings. The summed E-state index contributed by atoms with van der Waals surface area (Å²) in [6.45, 7) is 14.6. The van der Waals surface area contributed by atoms with E-state index < -0.39 is 8.32 Å². The minimum absolute atomic E-state index is 0.0649. The van der Waals surface area contributed by atoms with Crippen molar-refractivity contribution in [3.05, 3.63) is 40.4 Å². The molecule has 0 saturated heterocycles. The maximum Gasteiger partial charge on any atom is 0.192 e. The molecule has 1 aliphatic rings. The Morgan fingerprint density at radius 1 is 1.13 bits per heavy atom. The van der Waals surface area contributed by atoms with Crippen LogP contribution in [0.2, 0.25) is 18.1 Å². The highest BCUT2D eigenvalue weighted by atomic mass is 79.9. The van der Waals surface area contributed by atoms with E-state index in [9.17, 15) is 0 Å². The van der Waals surface area contributed by atoms with Crippen LogP contribution in [0.1, 0.15) is 85.1 Å². The van der Waals surface area contributed by atoms with E-state index in [0.29, 0.717) is 11.8 Å². The second-order valence-corrected chi connectivity index (χ2v) is 14.7. The fourth-order valence-electron chi connectivity index (χ4n) is 5.04. The van der Waals surface area contributed by atoms with Gasteiger partial charge in [0.2, 0.25) is 0 Å². The summed E-state index contributed by atoms with van der Waals surface area (Å²) >= 11 is 3.57. The highest BCUT2D eigenvalue weighted by molar-refractivity contribution is 9.11. The molecular formula is C26H43BrO2Si. The zero-order chi connectivity index (χ0) is 22.2. The van der Waals surface area contributed by atoms with Crippen molar-refractivity contribution in [1.29, 1.82) is 0 Å². The van der Waals surface area contributed by atoms with Crippen molar-refractivity contribution in [1.82, 2.24) is 0 Å². The molecule has 0 bridgehead atoms. The summed E-state index contributed by atoms with van der Waals surface area (Å²) in [7, 11) is -1.58. The SMILES string of the molecule is CC[Si](CC)(CC)OC(C)(C)CCCOc1ccccc1[C@H]1CCC/C(=C\Br)[C@@H]1C. The van der Waals surface area contributed by atoms with Crippen LogP contribution in [0.15, 0.2) is 34.8 Å². The van der Waals surface area contributed by atoms with E-state index in [4.69, 9.17) is 9.16 Å². The van der Waals surface area contributed by atoms with Gasteiger partial charge in [0.25, 0.3) is 0 Å². The van der Waals surface area contributed by atoms with Gasteiger partial charge in [0.15, 0.2) is 8.32 Å². The van der Waals surface area contributed by atoms with Crippen molar-refractivity contribution < 1.29 is 9.16 Å². The van der Waals surface area contributed by atoms with Crippen LogP contribution < -0.4 is 4.74 Å². The Balaban J connectivity index is 1.96. The Kier molecular flexibility index (Phi) is 10.2. The van der Waals surface area contributed by atoms with E-state index in [-0.39, 0.29) is 5.60 Å². The average molecular weight is 496 g/mol. The Morgan fingerprint density at radius 3 is 2.43 bits per heavy atom. The first-order valence-corrected chi connectivity index (χ1v) is 15.5. The molecule has 0 spiro atoms. The van der Waals surface area contributed by atoms with Gasteiger partial charge >= 0.3 is 0 Å². The maximum absolute atomic E-state index is 6.76. The number of allylic oxidation sites excluding steroid dienone is 1. The number of ether oxygens (including phenoxy) is 1. The number of halogens is 1. The third-order valence-electron chi connectivity index (χ3n) is 7.23. The van der Waals surface area contributed by atoms with Crippen LogP contribution in [-0.2, 0) is 4.43 Å². The first kappa shape index (κ1) is 25.7. The lowest BCUT2D eigenvalue weighted by Gasteiger charge is -2.38. The van der Waals surface area contributed by atoms with Gasteiger partial charge in [0.05, 0.1) is 12.2 Å². The molecule has 1 saturated carbocycles. The molecule has 2 nitrogen and oxygen atoms in total. The molecule has 0 radical (unpaired) electrons. The zero-order valence-corrected chi connectivity index (χ0v) is 22.7. The lowest BCUT2D eigenvalue weighted by atomic mass is 9.74. The Hall–Kier alpha value is -0.583. The molecule has 1 aromatic carbocycles. The third-order valence-corrected chi connectivity index (χ3v) is 12.7. The number of para-hydroxylation sites is 1. The maximum atomic E-state index is 6.76. The molecule has 170 valence electrons. The Bertz CT molecular complexity index is 673. The van der Waals surface area contributed by atoms with Gasteiger partial charge in [-0.25, -0.2) is 0 Å². The minimum atomic E-state index is -1.58. The normalized spacial score (nSPS) is 21.8. The second-order valence-electron chi connectivity index (χ2n) is 9.57. The van der Waals surface area contributed by atoms with Crippen molar-refractivity contribution in [2.45, 2.75) is 103 Å². The minimum Gasteiger partial charge on any atom is -0.493 e. The molecule has 0 unspecified atom stereocenters. The smallest absolute Gasteiger partial charge is 0.192 e. The van der Waals surface area contributed by atoms with E-state index in [1.807, 2.05) is 0 Å². The van der Waals surface area contributed by atoms with E-state index >= 15 is 0 Å². The molecule has 0 N–H and O–H groups in total. The van der Waals surface area contributed by atoms with Gasteiger partial charge in [-0.05, 0) is 92.5 Å². The predicted octanol–water partition coefficient (Wildman–Crippen LogP) is 8.83. The first-order chi connectivity index (χ1) is 14.3. The molecule has 1 aromatic rings. The van der Waals surface area contributed by atoms with Crippen LogP contribution >= 0.6 is 15.9 Å².